The molecule has 1 aromatic heterocycles. The highest BCUT2D eigenvalue weighted by molar-refractivity contribution is 6.32. The van der Waals surface area contributed by atoms with Gasteiger partial charge in [-0.25, -0.2) is 0 Å². The van der Waals surface area contributed by atoms with E-state index in [-0.39, 0.29) is 22.0 Å². The second-order valence-corrected chi connectivity index (χ2v) is 3.96. The minimum absolute atomic E-state index is 0.129. The molecule has 0 unspecified atom stereocenters. The number of hydrogen-bond donors (Lipinski definition) is 3. The predicted molar refractivity (Wildman–Crippen MR) is 68.1 cm³/mol. The first-order chi connectivity index (χ1) is 8.56. The van der Waals surface area contributed by atoms with Gasteiger partial charge in [-0.3, -0.25) is 9.59 Å². The van der Waals surface area contributed by atoms with Crippen LogP contribution in [-0.4, -0.2) is 16.0 Å². The van der Waals surface area contributed by atoms with Crippen LogP contribution in [0.3, 0.4) is 0 Å². The summed E-state index contributed by atoms with van der Waals surface area (Å²) in [5.41, 5.74) is 0.158. The van der Waals surface area contributed by atoms with Gasteiger partial charge >= 0.3 is 0 Å². The third kappa shape index (κ3) is 2.70. The SMILES string of the molecule is O=C(Nc1ccc(Cl)c(O)c1)c1cccc(=O)[nH]1. The summed E-state index contributed by atoms with van der Waals surface area (Å²) in [6, 6.07) is 8.59. The van der Waals surface area contributed by atoms with Gasteiger partial charge in [-0.15, -0.1) is 0 Å². The van der Waals surface area contributed by atoms with E-state index in [0.29, 0.717) is 5.69 Å². The molecule has 0 spiro atoms. The Morgan fingerprint density at radius 3 is 2.72 bits per heavy atom. The molecule has 5 nitrogen and oxygen atoms in total. The molecule has 0 atom stereocenters. The maximum absolute atomic E-state index is 11.8. The Morgan fingerprint density at radius 2 is 2.06 bits per heavy atom. The highest BCUT2D eigenvalue weighted by Gasteiger charge is 2.07. The summed E-state index contributed by atoms with van der Waals surface area (Å²) in [5.74, 6) is -0.606. The van der Waals surface area contributed by atoms with Crippen LogP contribution in [0.4, 0.5) is 5.69 Å². The molecule has 0 aliphatic rings. The zero-order valence-electron chi connectivity index (χ0n) is 9.11. The van der Waals surface area contributed by atoms with E-state index in [1.165, 1.54) is 30.3 Å². The molecule has 1 heterocycles. The quantitative estimate of drug-likeness (QED) is 0.776. The molecule has 6 heteroatoms. The van der Waals surface area contributed by atoms with Gasteiger partial charge in [-0.05, 0) is 18.2 Å². The van der Waals surface area contributed by atoms with Crippen LogP contribution < -0.4 is 10.9 Å². The van der Waals surface area contributed by atoms with Crippen LogP contribution in [-0.2, 0) is 0 Å². The summed E-state index contributed by atoms with van der Waals surface area (Å²) in [6.45, 7) is 0. The van der Waals surface area contributed by atoms with Crippen LogP contribution in [0, 0.1) is 0 Å². The number of aromatic nitrogens is 1. The normalized spacial score (nSPS) is 10.1. The molecule has 1 amide bonds. The summed E-state index contributed by atoms with van der Waals surface area (Å²) in [6.07, 6.45) is 0. The number of benzene rings is 1. The van der Waals surface area contributed by atoms with Gasteiger partial charge < -0.3 is 15.4 Å². The number of aromatic hydroxyl groups is 1. The minimum Gasteiger partial charge on any atom is -0.506 e. The summed E-state index contributed by atoms with van der Waals surface area (Å²) >= 11 is 5.64. The zero-order valence-corrected chi connectivity index (χ0v) is 9.86. The lowest BCUT2D eigenvalue weighted by molar-refractivity contribution is 0.102. The van der Waals surface area contributed by atoms with Crippen molar-refractivity contribution in [2.24, 2.45) is 0 Å². The van der Waals surface area contributed by atoms with E-state index in [0.717, 1.165) is 0 Å². The van der Waals surface area contributed by atoms with Crippen molar-refractivity contribution >= 4 is 23.2 Å². The highest BCUT2D eigenvalue weighted by Crippen LogP contribution is 2.26. The number of carbonyl (C=O) groups is 1. The smallest absolute Gasteiger partial charge is 0.272 e. The highest BCUT2D eigenvalue weighted by atomic mass is 35.5. The first-order valence-corrected chi connectivity index (χ1v) is 5.43. The van der Waals surface area contributed by atoms with E-state index in [1.54, 1.807) is 6.07 Å². The Kier molecular flexibility index (Phi) is 3.34. The van der Waals surface area contributed by atoms with Gasteiger partial charge in [0.15, 0.2) is 0 Å². The van der Waals surface area contributed by atoms with Crippen LogP contribution in [0.1, 0.15) is 10.5 Å². The summed E-state index contributed by atoms with van der Waals surface area (Å²) in [5, 5.41) is 12.1. The monoisotopic (exact) mass is 264 g/mol. The topological polar surface area (TPSA) is 82.2 Å². The molecule has 2 aromatic rings. The molecule has 0 radical (unpaired) electrons. The van der Waals surface area contributed by atoms with Gasteiger partial charge in [0.2, 0.25) is 5.56 Å². The molecule has 0 aliphatic carbocycles. The van der Waals surface area contributed by atoms with Gasteiger partial charge in [0.1, 0.15) is 11.4 Å². The lowest BCUT2D eigenvalue weighted by Gasteiger charge is -2.06. The number of amides is 1. The predicted octanol–water partition coefficient (Wildman–Crippen LogP) is 1.99. The third-order valence-corrected chi connectivity index (χ3v) is 2.54. The van der Waals surface area contributed by atoms with Crippen LogP contribution >= 0.6 is 11.6 Å². The number of H-pyrrole nitrogens is 1. The number of phenols is 1. The van der Waals surface area contributed by atoms with E-state index >= 15 is 0 Å². The second kappa shape index (κ2) is 4.93. The van der Waals surface area contributed by atoms with E-state index in [2.05, 4.69) is 10.3 Å². The maximum Gasteiger partial charge on any atom is 0.272 e. The second-order valence-electron chi connectivity index (χ2n) is 3.55. The largest absolute Gasteiger partial charge is 0.506 e. The Morgan fingerprint density at radius 1 is 1.28 bits per heavy atom. The number of phenolic OH excluding ortho intramolecular Hbond substituents is 1. The molecule has 18 heavy (non-hydrogen) atoms. The van der Waals surface area contributed by atoms with Crippen LogP contribution in [0.25, 0.3) is 0 Å². The summed E-state index contributed by atoms with van der Waals surface area (Å²) < 4.78 is 0. The Balaban J connectivity index is 2.21. The fraction of sp³-hybridized carbons (Fsp3) is 0. The fourth-order valence-corrected chi connectivity index (χ4v) is 1.49. The van der Waals surface area contributed by atoms with Crippen molar-refractivity contribution < 1.29 is 9.90 Å². The molecule has 3 N–H and O–H groups in total. The van der Waals surface area contributed by atoms with Gasteiger partial charge in [-0.1, -0.05) is 17.7 Å². The van der Waals surface area contributed by atoms with E-state index in [4.69, 9.17) is 11.6 Å². The van der Waals surface area contributed by atoms with Gasteiger partial charge in [0, 0.05) is 17.8 Å². The van der Waals surface area contributed by atoms with Crippen molar-refractivity contribution in [2.75, 3.05) is 5.32 Å². The van der Waals surface area contributed by atoms with Crippen molar-refractivity contribution in [1.82, 2.24) is 4.98 Å². The number of halogens is 1. The first-order valence-electron chi connectivity index (χ1n) is 5.05. The Bertz CT molecular complexity index is 652. The van der Waals surface area contributed by atoms with E-state index in [9.17, 15) is 14.7 Å². The zero-order chi connectivity index (χ0) is 13.1. The average molecular weight is 265 g/mol. The molecule has 1 aromatic carbocycles. The Labute approximate surface area is 107 Å². The number of rotatable bonds is 2. The van der Waals surface area contributed by atoms with Crippen molar-refractivity contribution in [3.63, 3.8) is 0 Å². The number of aromatic amines is 1. The Hall–Kier alpha value is -2.27. The van der Waals surface area contributed by atoms with Gasteiger partial charge in [0.25, 0.3) is 5.91 Å². The molecule has 0 saturated carbocycles. The summed E-state index contributed by atoms with van der Waals surface area (Å²) in [4.78, 5) is 25.2. The third-order valence-electron chi connectivity index (χ3n) is 2.22. The number of nitrogens with one attached hydrogen (secondary N) is 2. The minimum atomic E-state index is -0.477. The number of pyridine rings is 1. The van der Waals surface area contributed by atoms with Crippen LogP contribution in [0.5, 0.6) is 5.75 Å². The summed E-state index contributed by atoms with van der Waals surface area (Å²) in [7, 11) is 0. The molecular weight excluding hydrogens is 256 g/mol. The van der Waals surface area contributed by atoms with Crippen molar-refractivity contribution in [2.45, 2.75) is 0 Å². The van der Waals surface area contributed by atoms with Crippen molar-refractivity contribution in [3.05, 3.63) is 57.5 Å². The number of carbonyl (C=O) groups excluding carboxylic acids is 1. The van der Waals surface area contributed by atoms with Crippen LogP contribution in [0.2, 0.25) is 5.02 Å². The molecule has 0 aliphatic heterocycles. The van der Waals surface area contributed by atoms with Gasteiger partial charge in [0.05, 0.1) is 5.02 Å². The molecule has 2 rings (SSSR count). The van der Waals surface area contributed by atoms with Crippen molar-refractivity contribution in [3.8, 4) is 5.75 Å². The molecule has 0 fully saturated rings. The number of hydrogen-bond acceptors (Lipinski definition) is 3. The van der Waals surface area contributed by atoms with Gasteiger partial charge in [-0.2, -0.15) is 0 Å². The maximum atomic E-state index is 11.8. The molecule has 0 bridgehead atoms. The van der Waals surface area contributed by atoms with Crippen molar-refractivity contribution in [1.29, 1.82) is 0 Å². The molecular formula is C12H9ClN2O3. The lowest BCUT2D eigenvalue weighted by Crippen LogP contribution is -2.17. The molecule has 92 valence electrons. The average Bonchev–Trinajstić information content (AvgIpc) is 2.34. The van der Waals surface area contributed by atoms with Crippen LogP contribution in [0.15, 0.2) is 41.2 Å². The standard InChI is InChI=1S/C12H9ClN2O3/c13-8-5-4-7(6-10(8)16)14-12(18)9-2-1-3-11(17)15-9/h1-6,16H,(H,14,18)(H,15,17). The first kappa shape index (κ1) is 12.2. The molecule has 0 saturated heterocycles. The lowest BCUT2D eigenvalue weighted by atomic mass is 10.2. The fourth-order valence-electron chi connectivity index (χ4n) is 1.37. The van der Waals surface area contributed by atoms with E-state index in [1.807, 2.05) is 0 Å². The number of anilines is 1. The van der Waals surface area contributed by atoms with E-state index < -0.39 is 5.91 Å².